The van der Waals surface area contributed by atoms with Gasteiger partial charge in [0.25, 0.3) is 0 Å². The van der Waals surface area contributed by atoms with Crippen molar-refractivity contribution in [3.63, 3.8) is 0 Å². The van der Waals surface area contributed by atoms with E-state index in [1.54, 1.807) is 6.92 Å². The molecule has 4 N–H and O–H groups in total. The van der Waals surface area contributed by atoms with Crippen LogP contribution in [-0.4, -0.2) is 57.4 Å². The molecule has 0 aliphatic heterocycles. The Morgan fingerprint density at radius 1 is 1.40 bits per heavy atom. The summed E-state index contributed by atoms with van der Waals surface area (Å²) in [5.41, 5.74) is 0. The zero-order valence-corrected chi connectivity index (χ0v) is 8.85. The monoisotopic (exact) mass is 180 g/mol. The fraction of sp³-hybridized carbons (Fsp3) is 1.00. The number of hydrogen-bond acceptors (Lipinski definition) is 3. The van der Waals surface area contributed by atoms with Gasteiger partial charge in [0.1, 0.15) is 0 Å². The molecular formula is C3H10NaO5P. The minimum Gasteiger partial charge on any atom is -0.326 e. The second-order valence-electron chi connectivity index (χ2n) is 1.76. The summed E-state index contributed by atoms with van der Waals surface area (Å²) in [6.07, 6.45) is -0.531. The van der Waals surface area contributed by atoms with Crippen molar-refractivity contribution in [2.75, 3.05) is 0 Å². The SMILES string of the molecule is CC(O)[CH](O)[Na].O=[PH](O)O. The Morgan fingerprint density at radius 3 is 1.50 bits per heavy atom. The Kier molecular flexibility index (Phi) is 11.1. The Bertz CT molecular complexity index is 84.9. The smallest absolute Gasteiger partial charge is 0.314 e. The van der Waals surface area contributed by atoms with Gasteiger partial charge in [-0.1, -0.05) is 0 Å². The summed E-state index contributed by atoms with van der Waals surface area (Å²) in [6, 6.07) is 0. The van der Waals surface area contributed by atoms with Crippen LogP contribution in [0.5, 0.6) is 0 Å². The summed E-state index contributed by atoms with van der Waals surface area (Å²) < 4.78 is 8.29. The molecule has 0 heterocycles. The molecule has 58 valence electrons. The van der Waals surface area contributed by atoms with Crippen LogP contribution in [0.3, 0.4) is 0 Å². The maximum atomic E-state index is 8.74. The molecule has 2 atom stereocenters. The average Bonchev–Trinajstić information content (AvgIpc) is 1.63. The third kappa shape index (κ3) is 23.0. The van der Waals surface area contributed by atoms with E-state index in [9.17, 15) is 0 Å². The van der Waals surface area contributed by atoms with Crippen molar-refractivity contribution < 1.29 is 24.6 Å². The molecule has 0 aromatic rings. The first-order valence-corrected chi connectivity index (χ1v) is 5.11. The summed E-state index contributed by atoms with van der Waals surface area (Å²) in [5, 5.41) is 16.9. The fourth-order valence-corrected chi connectivity index (χ4v) is 0. The Balaban J connectivity index is 0. The van der Waals surface area contributed by atoms with Crippen LogP contribution >= 0.6 is 8.25 Å². The minimum atomic E-state index is -3.13. The van der Waals surface area contributed by atoms with Gasteiger partial charge < -0.3 is 9.79 Å². The third-order valence-electron chi connectivity index (χ3n) is 0.698. The van der Waals surface area contributed by atoms with Gasteiger partial charge in [0.15, 0.2) is 0 Å². The van der Waals surface area contributed by atoms with Gasteiger partial charge in [0.2, 0.25) is 0 Å². The predicted octanol–water partition coefficient (Wildman–Crippen LogP) is -1.79. The molecule has 0 fully saturated rings. The van der Waals surface area contributed by atoms with E-state index in [0.717, 1.165) is 0 Å². The summed E-state index contributed by atoms with van der Waals surface area (Å²) in [6.45, 7) is 1.58. The summed E-state index contributed by atoms with van der Waals surface area (Å²) in [4.78, 5) is 14.3. The van der Waals surface area contributed by atoms with E-state index in [-0.39, 0.29) is 0 Å². The van der Waals surface area contributed by atoms with Crippen molar-refractivity contribution in [3.05, 3.63) is 0 Å². The first-order valence-electron chi connectivity index (χ1n) is 2.66. The van der Waals surface area contributed by atoms with E-state index in [4.69, 9.17) is 24.6 Å². The quantitative estimate of drug-likeness (QED) is 0.282. The second-order valence-corrected chi connectivity index (χ2v) is 3.51. The van der Waals surface area contributed by atoms with Crippen LogP contribution in [-0.2, 0) is 4.57 Å². The third-order valence-corrected chi connectivity index (χ3v) is 1.66. The van der Waals surface area contributed by atoms with E-state index >= 15 is 0 Å². The van der Waals surface area contributed by atoms with Gasteiger partial charge in [-0.2, -0.15) is 0 Å². The van der Waals surface area contributed by atoms with Crippen LogP contribution in [0, 0.1) is 0 Å². The summed E-state index contributed by atoms with van der Waals surface area (Å²) >= 11 is 0.659. The molecule has 0 bridgehead atoms. The van der Waals surface area contributed by atoms with Crippen molar-refractivity contribution in [3.8, 4) is 0 Å². The standard InChI is InChI=1S/C3H7O2.Na.H3O3P/c1-3(5)2-4;;1-4(2)3/h2-5H,1H3;;4H,(H2,1,2,3). The van der Waals surface area contributed by atoms with Crippen LogP contribution in [0.15, 0.2) is 0 Å². The first-order chi connectivity index (χ1) is 4.37. The molecule has 0 aliphatic carbocycles. The Morgan fingerprint density at radius 2 is 1.50 bits per heavy atom. The molecule has 10 heavy (non-hydrogen) atoms. The van der Waals surface area contributed by atoms with Gasteiger partial charge in [-0.15, -0.1) is 0 Å². The van der Waals surface area contributed by atoms with Crippen LogP contribution in [0.25, 0.3) is 0 Å². The molecule has 0 aromatic heterocycles. The zero-order valence-electron chi connectivity index (χ0n) is 5.85. The number of hydrogen-bond donors (Lipinski definition) is 4. The molecule has 0 aromatic carbocycles. The molecule has 5 nitrogen and oxygen atoms in total. The molecule has 0 spiro atoms. The molecule has 0 amide bonds. The van der Waals surface area contributed by atoms with Gasteiger partial charge in [0, 0.05) is 0 Å². The van der Waals surface area contributed by atoms with Gasteiger partial charge in [0.05, 0.1) is 0 Å². The van der Waals surface area contributed by atoms with Crippen molar-refractivity contribution in [1.29, 1.82) is 0 Å². The maximum Gasteiger partial charge on any atom is 0.314 e. The molecular weight excluding hydrogens is 170 g/mol. The van der Waals surface area contributed by atoms with E-state index in [1.165, 1.54) is 0 Å². The number of rotatable bonds is 1. The fourth-order valence-electron chi connectivity index (χ4n) is 0. The van der Waals surface area contributed by atoms with Gasteiger partial charge in [-0.3, -0.25) is 4.57 Å². The largest absolute Gasteiger partial charge is 0.326 e. The minimum absolute atomic E-state index is 0.454. The van der Waals surface area contributed by atoms with Crippen LogP contribution in [0.4, 0.5) is 0 Å². The van der Waals surface area contributed by atoms with E-state index < -0.39 is 17.7 Å². The zero-order chi connectivity index (χ0) is 8.73. The van der Waals surface area contributed by atoms with Crippen molar-refractivity contribution >= 4 is 36.2 Å². The van der Waals surface area contributed by atoms with Crippen LogP contribution in [0.1, 0.15) is 6.92 Å². The van der Waals surface area contributed by atoms with Crippen molar-refractivity contribution in [2.45, 2.75) is 16.4 Å². The van der Waals surface area contributed by atoms with Crippen molar-refractivity contribution in [1.82, 2.24) is 0 Å². The van der Waals surface area contributed by atoms with Gasteiger partial charge in [-0.25, -0.2) is 0 Å². The summed E-state index contributed by atoms with van der Waals surface area (Å²) in [7, 11) is -3.13. The number of aliphatic hydroxyl groups is 2. The van der Waals surface area contributed by atoms with Crippen LogP contribution < -0.4 is 0 Å². The van der Waals surface area contributed by atoms with Crippen molar-refractivity contribution in [2.24, 2.45) is 0 Å². The molecule has 0 aliphatic rings. The topological polar surface area (TPSA) is 98.0 Å². The van der Waals surface area contributed by atoms with Gasteiger partial charge in [-0.05, 0) is 0 Å². The molecule has 7 heteroatoms. The predicted molar refractivity (Wildman–Crippen MR) is 36.9 cm³/mol. The molecule has 2 unspecified atom stereocenters. The maximum absolute atomic E-state index is 8.74. The Labute approximate surface area is 77.1 Å². The number of aliphatic hydroxyl groups excluding tert-OH is 2. The normalized spacial score (nSPS) is 15.6. The van der Waals surface area contributed by atoms with Crippen LogP contribution in [0.2, 0.25) is 0 Å². The molecule has 0 radical (unpaired) electrons. The molecule has 0 saturated carbocycles. The van der Waals surface area contributed by atoms with E-state index in [1.807, 2.05) is 0 Å². The van der Waals surface area contributed by atoms with E-state index in [2.05, 4.69) is 0 Å². The van der Waals surface area contributed by atoms with Gasteiger partial charge >= 0.3 is 62.8 Å². The first kappa shape index (κ1) is 13.6. The molecule has 0 saturated heterocycles. The Hall–Kier alpha value is 1.07. The second kappa shape index (κ2) is 8.17. The van der Waals surface area contributed by atoms with E-state index in [0.29, 0.717) is 27.9 Å². The average molecular weight is 180 g/mol. The summed E-state index contributed by atoms with van der Waals surface area (Å²) in [5.74, 6) is 0. The molecule has 0 rings (SSSR count).